The number of nitrogens with zero attached hydrogens (tertiary/aromatic N) is 1. The lowest BCUT2D eigenvalue weighted by Crippen LogP contribution is -2.44. The van der Waals surface area contributed by atoms with Gasteiger partial charge in [-0.3, -0.25) is 4.79 Å². The van der Waals surface area contributed by atoms with Crippen molar-refractivity contribution in [2.45, 2.75) is 25.5 Å². The number of carbonyl (C=O) groups is 1. The highest BCUT2D eigenvalue weighted by Gasteiger charge is 2.21. The highest BCUT2D eigenvalue weighted by Crippen LogP contribution is 2.27. The molecule has 1 amide bonds. The van der Waals surface area contributed by atoms with Crippen molar-refractivity contribution < 1.29 is 14.3 Å². The molecule has 1 aliphatic rings. The Morgan fingerprint density at radius 2 is 1.54 bits per heavy atom. The molecule has 0 unspecified atom stereocenters. The van der Waals surface area contributed by atoms with E-state index in [1.807, 2.05) is 59.5 Å². The largest absolute Gasteiger partial charge is 0.485 e. The molecule has 2 aromatic rings. The van der Waals surface area contributed by atoms with Gasteiger partial charge in [0, 0.05) is 19.1 Å². The average Bonchev–Trinajstić information content (AvgIpc) is 2.66. The van der Waals surface area contributed by atoms with Crippen LogP contribution < -0.4 is 15.2 Å². The van der Waals surface area contributed by atoms with Gasteiger partial charge >= 0.3 is 0 Å². The van der Waals surface area contributed by atoms with Crippen LogP contribution in [0.1, 0.15) is 18.4 Å². The van der Waals surface area contributed by atoms with Crippen LogP contribution in [0.5, 0.6) is 11.5 Å². The molecule has 0 atom stereocenters. The van der Waals surface area contributed by atoms with Gasteiger partial charge in [-0.2, -0.15) is 0 Å². The number of halogens is 1. The summed E-state index contributed by atoms with van der Waals surface area (Å²) in [4.78, 5) is 14.1. The Balaban J connectivity index is 0.00000243. The zero-order valence-electron chi connectivity index (χ0n) is 14.7. The Morgan fingerprint density at radius 3 is 2.19 bits per heavy atom. The first-order chi connectivity index (χ1) is 12.2. The van der Waals surface area contributed by atoms with Crippen molar-refractivity contribution in [1.29, 1.82) is 0 Å². The second-order valence-corrected chi connectivity index (χ2v) is 6.23. The van der Waals surface area contributed by atoms with Gasteiger partial charge in [0.25, 0.3) is 5.91 Å². The molecule has 0 radical (unpaired) electrons. The molecular formula is C20H25ClN2O3. The molecule has 26 heavy (non-hydrogen) atoms. The van der Waals surface area contributed by atoms with Crippen molar-refractivity contribution in [3.05, 3.63) is 60.2 Å². The maximum Gasteiger partial charge on any atom is 0.260 e. The maximum atomic E-state index is 12.3. The summed E-state index contributed by atoms with van der Waals surface area (Å²) >= 11 is 0. The first-order valence-corrected chi connectivity index (χ1v) is 8.64. The Morgan fingerprint density at radius 1 is 0.962 bits per heavy atom. The summed E-state index contributed by atoms with van der Waals surface area (Å²) in [5.74, 6) is 1.21. The standard InChI is InChI=1S/C20H24N2O3.ClH/c21-17-10-12-22(13-11-17)20(23)15-25-19-9-5-4-8-18(19)24-14-16-6-2-1-3-7-16;/h1-9,17H,10-15,21H2;1H. The molecule has 140 valence electrons. The van der Waals surface area contributed by atoms with E-state index in [9.17, 15) is 4.79 Å². The molecule has 6 heteroatoms. The van der Waals surface area contributed by atoms with Crippen molar-refractivity contribution in [2.75, 3.05) is 19.7 Å². The molecule has 2 N–H and O–H groups in total. The second kappa shape index (κ2) is 10.0. The SMILES string of the molecule is Cl.NC1CCN(C(=O)COc2ccccc2OCc2ccccc2)CC1. The first kappa shape index (κ1) is 20.1. The van der Waals surface area contributed by atoms with Gasteiger partial charge in [0.05, 0.1) is 0 Å². The lowest BCUT2D eigenvalue weighted by atomic mass is 10.1. The van der Waals surface area contributed by atoms with Crippen LogP contribution in [0.3, 0.4) is 0 Å². The molecule has 5 nitrogen and oxygen atoms in total. The zero-order valence-corrected chi connectivity index (χ0v) is 15.5. The van der Waals surface area contributed by atoms with Crippen LogP contribution in [0.25, 0.3) is 0 Å². The molecule has 0 saturated carbocycles. The van der Waals surface area contributed by atoms with Gasteiger partial charge in [0.15, 0.2) is 18.1 Å². The number of benzene rings is 2. The molecule has 1 saturated heterocycles. The number of piperidine rings is 1. The lowest BCUT2D eigenvalue weighted by molar-refractivity contribution is -0.134. The van der Waals surface area contributed by atoms with Crippen molar-refractivity contribution in [1.82, 2.24) is 4.90 Å². The summed E-state index contributed by atoms with van der Waals surface area (Å²) in [5, 5.41) is 0. The smallest absolute Gasteiger partial charge is 0.260 e. The minimum atomic E-state index is -0.00948. The van der Waals surface area contributed by atoms with E-state index in [0.29, 0.717) is 31.2 Å². The Hall–Kier alpha value is -2.24. The predicted octanol–water partition coefficient (Wildman–Crippen LogP) is 3.02. The number of ether oxygens (including phenoxy) is 2. The number of rotatable bonds is 6. The molecule has 0 aliphatic carbocycles. The van der Waals surface area contributed by atoms with E-state index >= 15 is 0 Å². The Labute approximate surface area is 160 Å². The number of hydrogen-bond acceptors (Lipinski definition) is 4. The minimum absolute atomic E-state index is 0. The van der Waals surface area contributed by atoms with Gasteiger partial charge < -0.3 is 20.1 Å². The minimum Gasteiger partial charge on any atom is -0.485 e. The summed E-state index contributed by atoms with van der Waals surface area (Å²) in [6, 6.07) is 17.6. The average molecular weight is 377 g/mol. The summed E-state index contributed by atoms with van der Waals surface area (Å²) in [6.45, 7) is 1.88. The van der Waals surface area contributed by atoms with Crippen LogP contribution >= 0.6 is 12.4 Å². The second-order valence-electron chi connectivity index (χ2n) is 6.23. The predicted molar refractivity (Wildman–Crippen MR) is 104 cm³/mol. The molecule has 0 aromatic heterocycles. The number of hydrogen-bond donors (Lipinski definition) is 1. The molecule has 0 bridgehead atoms. The van der Waals surface area contributed by atoms with Crippen molar-refractivity contribution in [3.63, 3.8) is 0 Å². The number of likely N-dealkylation sites (tertiary alicyclic amines) is 1. The maximum absolute atomic E-state index is 12.3. The molecule has 2 aromatic carbocycles. The van der Waals surface area contributed by atoms with Crippen molar-refractivity contribution in [2.24, 2.45) is 5.73 Å². The number of para-hydroxylation sites is 2. The fraction of sp³-hybridized carbons (Fsp3) is 0.350. The molecule has 1 fully saturated rings. The normalized spacial score (nSPS) is 14.4. The Kier molecular flexibility index (Phi) is 7.75. The monoisotopic (exact) mass is 376 g/mol. The summed E-state index contributed by atoms with van der Waals surface area (Å²) in [6.07, 6.45) is 1.70. The van der Waals surface area contributed by atoms with Crippen LogP contribution in [0, 0.1) is 0 Å². The van der Waals surface area contributed by atoms with Gasteiger partial charge in [-0.1, -0.05) is 42.5 Å². The van der Waals surface area contributed by atoms with Crippen LogP contribution in [-0.2, 0) is 11.4 Å². The molecule has 3 rings (SSSR count). The fourth-order valence-corrected chi connectivity index (χ4v) is 2.80. The topological polar surface area (TPSA) is 64.8 Å². The van der Waals surface area contributed by atoms with E-state index < -0.39 is 0 Å². The summed E-state index contributed by atoms with van der Waals surface area (Å²) in [7, 11) is 0. The fourth-order valence-electron chi connectivity index (χ4n) is 2.80. The number of nitrogens with two attached hydrogens (primary N) is 1. The first-order valence-electron chi connectivity index (χ1n) is 8.64. The quantitative estimate of drug-likeness (QED) is 0.841. The van der Waals surface area contributed by atoms with E-state index in [1.54, 1.807) is 0 Å². The van der Waals surface area contributed by atoms with Crippen LogP contribution in [0.2, 0.25) is 0 Å². The summed E-state index contributed by atoms with van der Waals surface area (Å²) < 4.78 is 11.6. The third kappa shape index (κ3) is 5.64. The van der Waals surface area contributed by atoms with Gasteiger partial charge in [-0.05, 0) is 30.5 Å². The molecule has 1 aliphatic heterocycles. The van der Waals surface area contributed by atoms with E-state index in [1.165, 1.54) is 0 Å². The van der Waals surface area contributed by atoms with Crippen LogP contribution in [0.4, 0.5) is 0 Å². The molecular weight excluding hydrogens is 352 g/mol. The lowest BCUT2D eigenvalue weighted by Gasteiger charge is -2.30. The highest BCUT2D eigenvalue weighted by molar-refractivity contribution is 5.85. The van der Waals surface area contributed by atoms with Crippen LogP contribution in [-0.4, -0.2) is 36.5 Å². The van der Waals surface area contributed by atoms with E-state index in [-0.39, 0.29) is 31.0 Å². The van der Waals surface area contributed by atoms with Gasteiger partial charge in [0.2, 0.25) is 0 Å². The van der Waals surface area contributed by atoms with Crippen molar-refractivity contribution in [3.8, 4) is 11.5 Å². The molecule has 1 heterocycles. The van der Waals surface area contributed by atoms with Gasteiger partial charge in [-0.15, -0.1) is 12.4 Å². The van der Waals surface area contributed by atoms with Crippen LogP contribution in [0.15, 0.2) is 54.6 Å². The third-order valence-electron chi connectivity index (χ3n) is 4.33. The van der Waals surface area contributed by atoms with E-state index in [2.05, 4.69) is 0 Å². The van der Waals surface area contributed by atoms with Gasteiger partial charge in [-0.25, -0.2) is 0 Å². The third-order valence-corrected chi connectivity index (χ3v) is 4.33. The van der Waals surface area contributed by atoms with Gasteiger partial charge in [0.1, 0.15) is 6.61 Å². The van der Waals surface area contributed by atoms with E-state index in [0.717, 1.165) is 18.4 Å². The summed E-state index contributed by atoms with van der Waals surface area (Å²) in [5.41, 5.74) is 6.96. The Bertz CT molecular complexity index is 688. The van der Waals surface area contributed by atoms with E-state index in [4.69, 9.17) is 15.2 Å². The zero-order chi connectivity index (χ0) is 17.5. The number of amides is 1. The molecule has 0 spiro atoms. The number of carbonyl (C=O) groups excluding carboxylic acids is 1. The van der Waals surface area contributed by atoms with Crippen molar-refractivity contribution >= 4 is 18.3 Å². The highest BCUT2D eigenvalue weighted by atomic mass is 35.5.